The third-order valence-corrected chi connectivity index (χ3v) is 4.24. The molecule has 3 aromatic rings. The Hall–Kier alpha value is -1.68. The molecule has 0 saturated heterocycles. The minimum atomic E-state index is 0.967. The van der Waals surface area contributed by atoms with Gasteiger partial charge < -0.3 is 0 Å². The zero-order valence-electron chi connectivity index (χ0n) is 11.3. The lowest BCUT2D eigenvalue weighted by Crippen LogP contribution is -1.85. The molecule has 0 bridgehead atoms. The summed E-state index contributed by atoms with van der Waals surface area (Å²) >= 11 is 1.66. The molecule has 0 aliphatic carbocycles. The highest BCUT2D eigenvalue weighted by Gasteiger charge is 2.08. The molecule has 0 N–H and O–H groups in total. The molecule has 4 heteroatoms. The number of benzene rings is 1. The Bertz CT molecular complexity index is 648. The Balaban J connectivity index is 1.92. The monoisotopic (exact) mass is 271 g/mol. The Morgan fingerprint density at radius 1 is 1.16 bits per heavy atom. The van der Waals surface area contributed by atoms with Gasteiger partial charge in [0.2, 0.25) is 4.96 Å². The first-order valence-electron chi connectivity index (χ1n) is 6.74. The van der Waals surface area contributed by atoms with Gasteiger partial charge in [-0.3, -0.25) is 0 Å². The predicted octanol–water partition coefficient (Wildman–Crippen LogP) is 3.97. The van der Waals surface area contributed by atoms with Crippen LogP contribution in [0.25, 0.3) is 16.2 Å². The number of aryl methyl sites for hydroxylation is 2. The molecular formula is C15H17N3S. The van der Waals surface area contributed by atoms with Crippen LogP contribution in [-0.4, -0.2) is 14.6 Å². The van der Waals surface area contributed by atoms with Crippen LogP contribution in [-0.2, 0) is 12.8 Å². The molecule has 19 heavy (non-hydrogen) atoms. The molecule has 0 fully saturated rings. The van der Waals surface area contributed by atoms with Crippen molar-refractivity contribution in [1.82, 2.24) is 14.6 Å². The van der Waals surface area contributed by atoms with Crippen LogP contribution >= 0.6 is 11.3 Å². The molecule has 0 spiro atoms. The summed E-state index contributed by atoms with van der Waals surface area (Å²) in [6, 6.07) is 8.69. The number of fused-ring (bicyclic) bond motifs is 1. The van der Waals surface area contributed by atoms with E-state index in [2.05, 4.69) is 48.2 Å². The summed E-state index contributed by atoms with van der Waals surface area (Å²) in [6.07, 6.45) is 5.30. The molecule has 2 heterocycles. The van der Waals surface area contributed by atoms with Crippen LogP contribution in [0.5, 0.6) is 0 Å². The number of imidazole rings is 1. The van der Waals surface area contributed by atoms with E-state index in [9.17, 15) is 0 Å². The second kappa shape index (κ2) is 5.13. The van der Waals surface area contributed by atoms with Crippen molar-refractivity contribution >= 4 is 16.3 Å². The highest BCUT2D eigenvalue weighted by Crippen LogP contribution is 2.23. The Kier molecular flexibility index (Phi) is 3.34. The SMILES string of the molecule is CCCc1ccc(-c2cn3nc(CC)sc3n2)cc1. The summed E-state index contributed by atoms with van der Waals surface area (Å²) in [5, 5.41) is 5.63. The first kappa shape index (κ1) is 12.4. The van der Waals surface area contributed by atoms with Gasteiger partial charge in [-0.05, 0) is 18.4 Å². The predicted molar refractivity (Wildman–Crippen MR) is 79.7 cm³/mol. The molecule has 0 unspecified atom stereocenters. The number of aromatic nitrogens is 3. The smallest absolute Gasteiger partial charge is 0.212 e. The fourth-order valence-corrected chi connectivity index (χ4v) is 2.97. The van der Waals surface area contributed by atoms with E-state index in [4.69, 9.17) is 0 Å². The molecule has 0 aliphatic rings. The largest absolute Gasteiger partial charge is 0.217 e. The Morgan fingerprint density at radius 2 is 1.95 bits per heavy atom. The van der Waals surface area contributed by atoms with Crippen LogP contribution in [0.4, 0.5) is 0 Å². The summed E-state index contributed by atoms with van der Waals surface area (Å²) in [6.45, 7) is 4.32. The van der Waals surface area contributed by atoms with E-state index in [1.807, 2.05) is 10.7 Å². The van der Waals surface area contributed by atoms with Crippen molar-refractivity contribution in [3.8, 4) is 11.3 Å². The van der Waals surface area contributed by atoms with Crippen LogP contribution in [0.15, 0.2) is 30.5 Å². The minimum Gasteiger partial charge on any atom is -0.217 e. The van der Waals surface area contributed by atoms with Gasteiger partial charge in [-0.2, -0.15) is 5.10 Å². The second-order valence-electron chi connectivity index (χ2n) is 4.65. The zero-order valence-corrected chi connectivity index (χ0v) is 12.1. The van der Waals surface area contributed by atoms with Crippen LogP contribution < -0.4 is 0 Å². The van der Waals surface area contributed by atoms with Crippen LogP contribution in [0, 0.1) is 0 Å². The van der Waals surface area contributed by atoms with Crippen LogP contribution in [0.2, 0.25) is 0 Å². The molecule has 98 valence electrons. The summed E-state index contributed by atoms with van der Waals surface area (Å²) < 4.78 is 1.89. The zero-order chi connectivity index (χ0) is 13.2. The lowest BCUT2D eigenvalue weighted by atomic mass is 10.1. The molecule has 0 saturated carbocycles. The second-order valence-corrected chi connectivity index (χ2v) is 5.69. The summed E-state index contributed by atoms with van der Waals surface area (Å²) in [4.78, 5) is 5.62. The molecule has 3 nitrogen and oxygen atoms in total. The maximum atomic E-state index is 4.65. The third-order valence-electron chi connectivity index (χ3n) is 3.18. The molecular weight excluding hydrogens is 254 g/mol. The van der Waals surface area contributed by atoms with Gasteiger partial charge in [0, 0.05) is 5.56 Å². The van der Waals surface area contributed by atoms with E-state index < -0.39 is 0 Å². The highest BCUT2D eigenvalue weighted by molar-refractivity contribution is 7.16. The first-order chi connectivity index (χ1) is 9.30. The normalized spacial score (nSPS) is 11.3. The lowest BCUT2D eigenvalue weighted by Gasteiger charge is -2.00. The van der Waals surface area contributed by atoms with Gasteiger partial charge in [0.05, 0.1) is 11.9 Å². The molecule has 1 aromatic carbocycles. The van der Waals surface area contributed by atoms with E-state index in [1.165, 1.54) is 12.0 Å². The molecule has 0 atom stereocenters. The molecule has 0 aliphatic heterocycles. The molecule has 2 aromatic heterocycles. The maximum Gasteiger partial charge on any atom is 0.212 e. The minimum absolute atomic E-state index is 0.967. The topological polar surface area (TPSA) is 30.2 Å². The quantitative estimate of drug-likeness (QED) is 0.718. The van der Waals surface area contributed by atoms with Crippen molar-refractivity contribution in [2.45, 2.75) is 33.1 Å². The van der Waals surface area contributed by atoms with Crippen molar-refractivity contribution in [3.63, 3.8) is 0 Å². The first-order valence-corrected chi connectivity index (χ1v) is 7.56. The van der Waals surface area contributed by atoms with Gasteiger partial charge in [-0.25, -0.2) is 9.50 Å². The van der Waals surface area contributed by atoms with Gasteiger partial charge in [-0.1, -0.05) is 55.9 Å². The summed E-state index contributed by atoms with van der Waals surface area (Å²) in [7, 11) is 0. The van der Waals surface area contributed by atoms with Gasteiger partial charge in [-0.15, -0.1) is 0 Å². The molecule has 0 amide bonds. The molecule has 3 rings (SSSR count). The average Bonchev–Trinajstić information content (AvgIpc) is 2.97. The van der Waals surface area contributed by atoms with Crippen molar-refractivity contribution in [1.29, 1.82) is 0 Å². The van der Waals surface area contributed by atoms with Crippen molar-refractivity contribution in [2.75, 3.05) is 0 Å². The standard InChI is InChI=1S/C15H17N3S/c1-3-5-11-6-8-12(9-7-11)13-10-18-15(16-13)19-14(4-2)17-18/h6-10H,3-5H2,1-2H3. The van der Waals surface area contributed by atoms with E-state index in [-0.39, 0.29) is 0 Å². The van der Waals surface area contributed by atoms with Gasteiger partial charge >= 0.3 is 0 Å². The fraction of sp³-hybridized carbons (Fsp3) is 0.333. The third kappa shape index (κ3) is 2.40. The van der Waals surface area contributed by atoms with E-state index in [0.29, 0.717) is 0 Å². The van der Waals surface area contributed by atoms with Crippen molar-refractivity contribution in [2.24, 2.45) is 0 Å². The summed E-state index contributed by atoms with van der Waals surface area (Å²) in [5.74, 6) is 0. The Labute approximate surface area is 116 Å². The summed E-state index contributed by atoms with van der Waals surface area (Å²) in [5.41, 5.74) is 3.55. The molecule has 0 radical (unpaired) electrons. The number of hydrogen-bond donors (Lipinski definition) is 0. The number of rotatable bonds is 4. The van der Waals surface area contributed by atoms with Gasteiger partial charge in [0.1, 0.15) is 5.01 Å². The Morgan fingerprint density at radius 3 is 2.58 bits per heavy atom. The fourth-order valence-electron chi connectivity index (χ4n) is 2.15. The maximum absolute atomic E-state index is 4.65. The van der Waals surface area contributed by atoms with Gasteiger partial charge in [0.25, 0.3) is 0 Å². The van der Waals surface area contributed by atoms with Crippen LogP contribution in [0.1, 0.15) is 30.8 Å². The van der Waals surface area contributed by atoms with Gasteiger partial charge in [0.15, 0.2) is 0 Å². The highest BCUT2D eigenvalue weighted by atomic mass is 32.1. The van der Waals surface area contributed by atoms with E-state index in [1.54, 1.807) is 11.3 Å². The number of nitrogens with zero attached hydrogens (tertiary/aromatic N) is 3. The number of hydrogen-bond acceptors (Lipinski definition) is 3. The van der Waals surface area contributed by atoms with E-state index in [0.717, 1.165) is 34.1 Å². The van der Waals surface area contributed by atoms with Crippen molar-refractivity contribution < 1.29 is 0 Å². The average molecular weight is 271 g/mol. The lowest BCUT2D eigenvalue weighted by molar-refractivity contribution is 0.910. The van der Waals surface area contributed by atoms with E-state index >= 15 is 0 Å². The van der Waals surface area contributed by atoms with Crippen molar-refractivity contribution in [3.05, 3.63) is 41.0 Å². The van der Waals surface area contributed by atoms with Crippen LogP contribution in [0.3, 0.4) is 0 Å².